The molecule has 1 aliphatic rings. The highest BCUT2D eigenvalue weighted by Crippen LogP contribution is 2.23. The van der Waals surface area contributed by atoms with E-state index in [1.807, 2.05) is 42.5 Å². The molecule has 4 heteroatoms. The van der Waals surface area contributed by atoms with Crippen LogP contribution in [0.2, 0.25) is 0 Å². The summed E-state index contributed by atoms with van der Waals surface area (Å²) in [5, 5.41) is 0. The van der Waals surface area contributed by atoms with Crippen molar-refractivity contribution in [3.63, 3.8) is 0 Å². The van der Waals surface area contributed by atoms with Crippen molar-refractivity contribution in [3.05, 3.63) is 76.2 Å². The standard InChI is InChI=1S/C21H20NOS.BrH/c23-20(14-22-15-24-21-9-5-4-8-19(21)22)18-12-10-17(11-13-18)16-6-2-1-3-7-16;/h1-3,6-7,10-13,15H,4-5,8-9,14H2;1H/q+1;/p-1. The van der Waals surface area contributed by atoms with Crippen LogP contribution in [0.3, 0.4) is 0 Å². The third-order valence-corrected chi connectivity index (χ3v) is 5.77. The molecule has 0 radical (unpaired) electrons. The molecule has 0 aliphatic heterocycles. The number of hydrogen-bond acceptors (Lipinski definition) is 2. The maximum atomic E-state index is 12.6. The molecule has 3 aromatic rings. The van der Waals surface area contributed by atoms with Gasteiger partial charge in [0.05, 0.1) is 4.88 Å². The van der Waals surface area contributed by atoms with Crippen LogP contribution >= 0.6 is 11.3 Å². The van der Waals surface area contributed by atoms with E-state index in [1.165, 1.54) is 35.4 Å². The van der Waals surface area contributed by atoms with Crippen LogP contribution in [0.5, 0.6) is 0 Å². The Bertz CT molecular complexity index is 855. The topological polar surface area (TPSA) is 20.9 Å². The van der Waals surface area contributed by atoms with Crippen LogP contribution in [-0.4, -0.2) is 5.78 Å². The zero-order valence-electron chi connectivity index (χ0n) is 14.0. The van der Waals surface area contributed by atoms with Gasteiger partial charge in [0, 0.05) is 12.0 Å². The molecule has 2 nitrogen and oxygen atoms in total. The Morgan fingerprint density at radius 1 is 0.920 bits per heavy atom. The van der Waals surface area contributed by atoms with Crippen molar-refractivity contribution in [3.8, 4) is 11.1 Å². The van der Waals surface area contributed by atoms with Crippen LogP contribution in [0.4, 0.5) is 0 Å². The normalized spacial score (nSPS) is 13.0. The molecule has 2 aromatic carbocycles. The number of aryl methyl sites for hydroxylation is 1. The lowest BCUT2D eigenvalue weighted by molar-refractivity contribution is -0.686. The first-order valence-electron chi connectivity index (χ1n) is 8.48. The second-order valence-electron chi connectivity index (χ2n) is 6.29. The zero-order chi connectivity index (χ0) is 16.4. The largest absolute Gasteiger partial charge is 1.00 e. The number of ketones is 1. The summed E-state index contributed by atoms with van der Waals surface area (Å²) in [6.45, 7) is 0.455. The van der Waals surface area contributed by atoms with Gasteiger partial charge in [-0.3, -0.25) is 4.79 Å². The third kappa shape index (κ3) is 3.91. The number of aromatic nitrogens is 1. The van der Waals surface area contributed by atoms with Crippen LogP contribution in [0.15, 0.2) is 60.1 Å². The highest BCUT2D eigenvalue weighted by molar-refractivity contribution is 7.09. The lowest BCUT2D eigenvalue weighted by Gasteiger charge is -2.07. The Morgan fingerprint density at radius 2 is 1.60 bits per heavy atom. The number of halogens is 1. The number of nitrogens with zero attached hydrogens (tertiary/aromatic N) is 1. The van der Waals surface area contributed by atoms with Crippen LogP contribution in [0.25, 0.3) is 11.1 Å². The summed E-state index contributed by atoms with van der Waals surface area (Å²) in [6, 6.07) is 18.2. The zero-order valence-corrected chi connectivity index (χ0v) is 16.4. The molecule has 0 saturated heterocycles. The van der Waals surface area contributed by atoms with E-state index in [1.54, 1.807) is 11.3 Å². The van der Waals surface area contributed by atoms with Crippen LogP contribution in [0, 0.1) is 0 Å². The first-order chi connectivity index (χ1) is 11.8. The van der Waals surface area contributed by atoms with Crippen LogP contribution in [-0.2, 0) is 19.4 Å². The summed E-state index contributed by atoms with van der Waals surface area (Å²) in [6.07, 6.45) is 4.80. The van der Waals surface area contributed by atoms with Crippen molar-refractivity contribution >= 4 is 17.1 Å². The number of rotatable bonds is 4. The number of carbonyl (C=O) groups excluding carboxylic acids is 1. The number of thiazole rings is 1. The lowest BCUT2D eigenvalue weighted by Crippen LogP contribution is -3.00. The van der Waals surface area contributed by atoms with Crippen molar-refractivity contribution in [2.24, 2.45) is 0 Å². The summed E-state index contributed by atoms with van der Waals surface area (Å²) in [5.74, 6) is 0.186. The summed E-state index contributed by atoms with van der Waals surface area (Å²) in [5.41, 5.74) is 6.61. The molecule has 128 valence electrons. The molecule has 0 bridgehead atoms. The Hall–Kier alpha value is -1.78. The number of carbonyl (C=O) groups is 1. The maximum absolute atomic E-state index is 12.6. The fraction of sp³-hybridized carbons (Fsp3) is 0.238. The van der Waals surface area contributed by atoms with Gasteiger partial charge in [-0.25, -0.2) is 0 Å². The monoisotopic (exact) mass is 413 g/mol. The van der Waals surface area contributed by atoms with E-state index in [4.69, 9.17) is 0 Å². The molecule has 0 unspecified atom stereocenters. The van der Waals surface area contributed by atoms with Gasteiger partial charge in [-0.15, -0.1) is 0 Å². The molecule has 1 aliphatic carbocycles. The van der Waals surface area contributed by atoms with Gasteiger partial charge in [-0.1, -0.05) is 65.9 Å². The second kappa shape index (κ2) is 8.07. The minimum Gasteiger partial charge on any atom is -1.00 e. The van der Waals surface area contributed by atoms with Crippen molar-refractivity contribution in [1.82, 2.24) is 0 Å². The van der Waals surface area contributed by atoms with E-state index in [0.29, 0.717) is 6.54 Å². The minimum atomic E-state index is 0. The molecule has 1 aromatic heterocycles. The number of Topliss-reactive ketones (excluding diaryl/α,β-unsaturated/α-hetero) is 1. The summed E-state index contributed by atoms with van der Waals surface area (Å²) in [4.78, 5) is 14.1. The smallest absolute Gasteiger partial charge is 0.227 e. The Balaban J connectivity index is 0.00000182. The van der Waals surface area contributed by atoms with Gasteiger partial charge in [0.1, 0.15) is 0 Å². The van der Waals surface area contributed by atoms with E-state index in [9.17, 15) is 4.79 Å². The summed E-state index contributed by atoms with van der Waals surface area (Å²) >= 11 is 1.80. The van der Waals surface area contributed by atoms with Gasteiger partial charge < -0.3 is 17.0 Å². The molecule has 4 rings (SSSR count). The molecule has 0 fully saturated rings. The second-order valence-corrected chi connectivity index (χ2v) is 7.23. The molecule has 1 heterocycles. The average molecular weight is 414 g/mol. The molecule has 0 N–H and O–H groups in total. The van der Waals surface area contributed by atoms with Gasteiger partial charge in [0.2, 0.25) is 17.8 Å². The molecule has 0 atom stereocenters. The van der Waals surface area contributed by atoms with Crippen molar-refractivity contribution < 1.29 is 26.3 Å². The average Bonchev–Trinajstić information content (AvgIpc) is 3.06. The van der Waals surface area contributed by atoms with E-state index < -0.39 is 0 Å². The Labute approximate surface area is 162 Å². The molecule has 0 spiro atoms. The van der Waals surface area contributed by atoms with Crippen molar-refractivity contribution in [2.75, 3.05) is 0 Å². The first-order valence-corrected chi connectivity index (χ1v) is 9.36. The molecular weight excluding hydrogens is 394 g/mol. The maximum Gasteiger partial charge on any atom is 0.227 e. The molecule has 25 heavy (non-hydrogen) atoms. The van der Waals surface area contributed by atoms with Gasteiger partial charge in [0.25, 0.3) is 0 Å². The third-order valence-electron chi connectivity index (χ3n) is 4.69. The predicted molar refractivity (Wildman–Crippen MR) is 97.4 cm³/mol. The number of benzene rings is 2. The van der Waals surface area contributed by atoms with Gasteiger partial charge in [-0.2, -0.15) is 4.57 Å². The number of hydrogen-bond donors (Lipinski definition) is 0. The predicted octanol–water partition coefficient (Wildman–Crippen LogP) is 1.47. The van der Waals surface area contributed by atoms with E-state index in [-0.39, 0.29) is 22.8 Å². The number of fused-ring (bicyclic) bond motifs is 1. The van der Waals surface area contributed by atoms with E-state index >= 15 is 0 Å². The van der Waals surface area contributed by atoms with Crippen molar-refractivity contribution in [2.45, 2.75) is 32.2 Å². The quantitative estimate of drug-likeness (QED) is 0.468. The van der Waals surface area contributed by atoms with E-state index in [2.05, 4.69) is 22.2 Å². The fourth-order valence-corrected chi connectivity index (χ4v) is 4.41. The van der Waals surface area contributed by atoms with Crippen LogP contribution < -0.4 is 21.5 Å². The van der Waals surface area contributed by atoms with Gasteiger partial charge in [-0.05, 0) is 30.4 Å². The van der Waals surface area contributed by atoms with Crippen molar-refractivity contribution in [1.29, 1.82) is 0 Å². The molecule has 0 amide bonds. The highest BCUT2D eigenvalue weighted by atomic mass is 79.9. The fourth-order valence-electron chi connectivity index (χ4n) is 3.34. The SMILES string of the molecule is O=C(C[n+]1csc2c1CCCC2)c1ccc(-c2ccccc2)cc1.[Br-]. The van der Waals surface area contributed by atoms with Gasteiger partial charge >= 0.3 is 0 Å². The minimum absolute atomic E-state index is 0. The Kier molecular flexibility index (Phi) is 5.82. The highest BCUT2D eigenvalue weighted by Gasteiger charge is 2.24. The van der Waals surface area contributed by atoms with Crippen LogP contribution in [0.1, 0.15) is 33.8 Å². The molecular formula is C21H20BrNOS. The summed E-state index contributed by atoms with van der Waals surface area (Å²) < 4.78 is 2.16. The molecule has 0 saturated carbocycles. The van der Waals surface area contributed by atoms with E-state index in [0.717, 1.165) is 17.5 Å². The first kappa shape index (κ1) is 18.0. The Morgan fingerprint density at radius 3 is 2.36 bits per heavy atom. The summed E-state index contributed by atoms with van der Waals surface area (Å²) in [7, 11) is 0. The van der Waals surface area contributed by atoms with Gasteiger partial charge in [0.15, 0.2) is 5.69 Å². The lowest BCUT2D eigenvalue weighted by atomic mass is 10.0.